The average Bonchev–Trinajstić information content (AvgIpc) is 2.47. The molecule has 3 nitrogen and oxygen atoms in total. The van der Waals surface area contributed by atoms with E-state index in [0.29, 0.717) is 23.7 Å². The number of benzene rings is 2. The Labute approximate surface area is 137 Å². The zero-order chi connectivity index (χ0) is 15.2. The second kappa shape index (κ2) is 7.48. The fourth-order valence-electron chi connectivity index (χ4n) is 1.90. The van der Waals surface area contributed by atoms with Gasteiger partial charge in [0.25, 0.3) is 5.91 Å². The predicted molar refractivity (Wildman–Crippen MR) is 90.9 cm³/mol. The summed E-state index contributed by atoms with van der Waals surface area (Å²) in [5, 5.41) is 6.77. The second-order valence-corrected chi connectivity index (χ2v) is 5.85. The summed E-state index contributed by atoms with van der Waals surface area (Å²) in [6.45, 7) is 3.12. The molecule has 21 heavy (non-hydrogen) atoms. The first kappa shape index (κ1) is 15.9. The third kappa shape index (κ3) is 4.48. The van der Waals surface area contributed by atoms with Crippen LogP contribution in [-0.4, -0.2) is 12.5 Å². The minimum absolute atomic E-state index is 0.0668. The van der Waals surface area contributed by atoms with Gasteiger partial charge in [-0.1, -0.05) is 39.7 Å². The highest BCUT2D eigenvalue weighted by atomic mass is 79.9. The van der Waals surface area contributed by atoms with E-state index in [0.717, 1.165) is 15.7 Å². The molecule has 0 radical (unpaired) electrons. The molecule has 0 saturated carbocycles. The van der Waals surface area contributed by atoms with Crippen LogP contribution in [0.2, 0.25) is 5.02 Å². The van der Waals surface area contributed by atoms with Crippen LogP contribution in [0.1, 0.15) is 22.8 Å². The van der Waals surface area contributed by atoms with Gasteiger partial charge >= 0.3 is 0 Å². The highest BCUT2D eigenvalue weighted by Gasteiger charge is 2.05. The number of hydrogen-bond acceptors (Lipinski definition) is 2. The quantitative estimate of drug-likeness (QED) is 0.819. The third-order valence-corrected chi connectivity index (χ3v) is 3.81. The lowest BCUT2D eigenvalue weighted by molar-refractivity contribution is 0.0956. The monoisotopic (exact) mass is 366 g/mol. The molecule has 2 N–H and O–H groups in total. The van der Waals surface area contributed by atoms with E-state index in [1.54, 1.807) is 6.07 Å². The van der Waals surface area contributed by atoms with Crippen LogP contribution in [0.25, 0.3) is 0 Å². The lowest BCUT2D eigenvalue weighted by Crippen LogP contribution is -2.22. The maximum absolute atomic E-state index is 11.8. The summed E-state index contributed by atoms with van der Waals surface area (Å²) in [5.41, 5.74) is 2.53. The minimum atomic E-state index is -0.0668. The van der Waals surface area contributed by atoms with E-state index in [1.807, 2.05) is 43.3 Å². The summed E-state index contributed by atoms with van der Waals surface area (Å²) >= 11 is 9.57. The van der Waals surface area contributed by atoms with Gasteiger partial charge in [-0.25, -0.2) is 0 Å². The summed E-state index contributed by atoms with van der Waals surface area (Å²) in [6.07, 6.45) is 0. The van der Waals surface area contributed by atoms with E-state index < -0.39 is 0 Å². The number of anilines is 1. The van der Waals surface area contributed by atoms with E-state index in [-0.39, 0.29) is 5.91 Å². The van der Waals surface area contributed by atoms with Crippen molar-refractivity contribution >= 4 is 39.1 Å². The number of halogens is 2. The normalized spacial score (nSPS) is 10.2. The zero-order valence-electron chi connectivity index (χ0n) is 11.6. The van der Waals surface area contributed by atoms with Crippen molar-refractivity contribution in [1.82, 2.24) is 5.32 Å². The molecule has 1 amide bonds. The van der Waals surface area contributed by atoms with Crippen molar-refractivity contribution in [2.24, 2.45) is 0 Å². The van der Waals surface area contributed by atoms with Crippen LogP contribution in [0.3, 0.4) is 0 Å². The van der Waals surface area contributed by atoms with E-state index in [1.165, 1.54) is 0 Å². The number of nitrogens with one attached hydrogen (secondary N) is 2. The van der Waals surface area contributed by atoms with E-state index >= 15 is 0 Å². The van der Waals surface area contributed by atoms with Crippen LogP contribution in [-0.2, 0) is 6.54 Å². The van der Waals surface area contributed by atoms with Crippen molar-refractivity contribution in [2.45, 2.75) is 13.5 Å². The van der Waals surface area contributed by atoms with Crippen molar-refractivity contribution in [3.63, 3.8) is 0 Å². The van der Waals surface area contributed by atoms with Crippen molar-refractivity contribution in [1.29, 1.82) is 0 Å². The Morgan fingerprint density at radius 2 is 2.05 bits per heavy atom. The summed E-state index contributed by atoms with van der Waals surface area (Å²) < 4.78 is 0.953. The fraction of sp³-hybridized carbons (Fsp3) is 0.188. The number of carbonyl (C=O) groups is 1. The molecule has 2 aromatic rings. The molecule has 0 bridgehead atoms. The summed E-state index contributed by atoms with van der Waals surface area (Å²) in [7, 11) is 0. The topological polar surface area (TPSA) is 41.1 Å². The maximum Gasteiger partial charge on any atom is 0.251 e. The molecule has 0 fully saturated rings. The van der Waals surface area contributed by atoms with Gasteiger partial charge in [-0.2, -0.15) is 0 Å². The van der Waals surface area contributed by atoms with Crippen LogP contribution < -0.4 is 10.6 Å². The van der Waals surface area contributed by atoms with Gasteiger partial charge in [0, 0.05) is 33.8 Å². The number of carbonyl (C=O) groups excluding carboxylic acids is 1. The van der Waals surface area contributed by atoms with Gasteiger partial charge in [0.2, 0.25) is 0 Å². The third-order valence-electron chi connectivity index (χ3n) is 2.96. The Morgan fingerprint density at radius 3 is 2.76 bits per heavy atom. The molecule has 0 aliphatic heterocycles. The highest BCUT2D eigenvalue weighted by molar-refractivity contribution is 9.10. The van der Waals surface area contributed by atoms with Gasteiger partial charge in [0.15, 0.2) is 0 Å². The lowest BCUT2D eigenvalue weighted by Gasteiger charge is -2.10. The predicted octanol–water partition coefficient (Wildman–Crippen LogP) is 4.46. The van der Waals surface area contributed by atoms with Crippen LogP contribution in [0.15, 0.2) is 46.9 Å². The van der Waals surface area contributed by atoms with Crippen molar-refractivity contribution in [3.05, 3.63) is 63.1 Å². The number of amides is 1. The Bertz CT molecular complexity index is 646. The van der Waals surface area contributed by atoms with Gasteiger partial charge in [-0.3, -0.25) is 4.79 Å². The van der Waals surface area contributed by atoms with E-state index in [4.69, 9.17) is 11.6 Å². The Morgan fingerprint density at radius 1 is 1.24 bits per heavy atom. The SMILES string of the molecule is CCNC(=O)c1cccc(NCc2ccc(Br)cc2Cl)c1. The van der Waals surface area contributed by atoms with E-state index in [2.05, 4.69) is 26.6 Å². The molecule has 2 rings (SSSR count). The molecule has 0 aromatic heterocycles. The minimum Gasteiger partial charge on any atom is -0.381 e. The zero-order valence-corrected chi connectivity index (χ0v) is 14.0. The Kier molecular flexibility index (Phi) is 5.65. The molecule has 0 atom stereocenters. The van der Waals surface area contributed by atoms with Crippen LogP contribution in [0, 0.1) is 0 Å². The van der Waals surface area contributed by atoms with Crippen LogP contribution in [0.5, 0.6) is 0 Å². The molecular formula is C16H16BrClN2O. The first-order chi connectivity index (χ1) is 10.1. The van der Waals surface area contributed by atoms with E-state index in [9.17, 15) is 4.79 Å². The molecule has 0 aliphatic carbocycles. The molecule has 110 valence electrons. The second-order valence-electron chi connectivity index (χ2n) is 4.53. The van der Waals surface area contributed by atoms with Crippen molar-refractivity contribution < 1.29 is 4.79 Å². The molecule has 0 spiro atoms. The lowest BCUT2D eigenvalue weighted by atomic mass is 10.1. The molecule has 0 saturated heterocycles. The summed E-state index contributed by atoms with van der Waals surface area (Å²) in [6, 6.07) is 13.2. The number of rotatable bonds is 5. The highest BCUT2D eigenvalue weighted by Crippen LogP contribution is 2.22. The average molecular weight is 368 g/mol. The fourth-order valence-corrected chi connectivity index (χ4v) is 2.64. The maximum atomic E-state index is 11.8. The van der Waals surface area contributed by atoms with Crippen molar-refractivity contribution in [3.8, 4) is 0 Å². The van der Waals surface area contributed by atoms with Gasteiger partial charge < -0.3 is 10.6 Å². The first-order valence-corrected chi connectivity index (χ1v) is 7.83. The van der Waals surface area contributed by atoms with Crippen LogP contribution in [0.4, 0.5) is 5.69 Å². The number of hydrogen-bond donors (Lipinski definition) is 2. The summed E-state index contributed by atoms with van der Waals surface area (Å²) in [5.74, 6) is -0.0668. The molecule has 0 heterocycles. The Balaban J connectivity index is 2.06. The van der Waals surface area contributed by atoms with Gasteiger partial charge in [0.1, 0.15) is 0 Å². The molecule has 5 heteroatoms. The Hall–Kier alpha value is -1.52. The standard InChI is InChI=1S/C16H16BrClN2O/c1-2-19-16(21)11-4-3-5-14(8-11)20-10-12-6-7-13(17)9-15(12)18/h3-9,20H,2,10H2,1H3,(H,19,21). The smallest absolute Gasteiger partial charge is 0.251 e. The first-order valence-electron chi connectivity index (χ1n) is 6.66. The van der Waals surface area contributed by atoms with Gasteiger partial charge in [-0.15, -0.1) is 0 Å². The van der Waals surface area contributed by atoms with Gasteiger partial charge in [0.05, 0.1) is 0 Å². The largest absolute Gasteiger partial charge is 0.381 e. The van der Waals surface area contributed by atoms with Crippen LogP contribution >= 0.6 is 27.5 Å². The molecule has 0 aliphatic rings. The van der Waals surface area contributed by atoms with Crippen molar-refractivity contribution in [2.75, 3.05) is 11.9 Å². The molecule has 2 aromatic carbocycles. The molecule has 0 unspecified atom stereocenters. The summed E-state index contributed by atoms with van der Waals surface area (Å²) in [4.78, 5) is 11.8. The van der Waals surface area contributed by atoms with Gasteiger partial charge in [-0.05, 0) is 42.8 Å². The molecular weight excluding hydrogens is 352 g/mol.